The molecule has 1 unspecified atom stereocenters. The number of fused-ring (bicyclic) bond motifs is 1. The van der Waals surface area contributed by atoms with Crippen LogP contribution in [0.15, 0.2) is 23.0 Å². The van der Waals surface area contributed by atoms with Gasteiger partial charge in [0.15, 0.2) is 0 Å². The van der Waals surface area contributed by atoms with Crippen LogP contribution in [0, 0.1) is 0 Å². The minimum Gasteiger partial charge on any atom is -0.315 e. The molecule has 4 heteroatoms. The van der Waals surface area contributed by atoms with Crippen molar-refractivity contribution in [1.29, 1.82) is 0 Å². The van der Waals surface area contributed by atoms with Gasteiger partial charge in [0.2, 0.25) is 0 Å². The Hall–Kier alpha value is -1.55. The van der Waals surface area contributed by atoms with E-state index in [2.05, 4.69) is 35.4 Å². The summed E-state index contributed by atoms with van der Waals surface area (Å²) in [7, 11) is 0. The van der Waals surface area contributed by atoms with Gasteiger partial charge in [0.1, 0.15) is 0 Å². The molecular weight excluding hydrogens is 214 g/mol. The minimum absolute atomic E-state index is 0.0157. The molecule has 17 heavy (non-hydrogen) atoms. The molecular formula is C13H17N3O. The van der Waals surface area contributed by atoms with Gasteiger partial charge in [-0.05, 0) is 37.1 Å². The highest BCUT2D eigenvalue weighted by atomic mass is 16.1. The molecule has 0 amide bonds. The lowest BCUT2D eigenvalue weighted by Crippen LogP contribution is -2.23. The number of benzene rings is 1. The number of aromatic amines is 1. The van der Waals surface area contributed by atoms with Crippen LogP contribution in [0.5, 0.6) is 0 Å². The van der Waals surface area contributed by atoms with E-state index in [0.717, 1.165) is 37.0 Å². The summed E-state index contributed by atoms with van der Waals surface area (Å²) in [5.41, 5.74) is 3.26. The number of rotatable bonds is 2. The van der Waals surface area contributed by atoms with Crippen LogP contribution in [-0.2, 0) is 6.42 Å². The van der Waals surface area contributed by atoms with Crippen LogP contribution in [-0.4, -0.2) is 22.6 Å². The Kier molecular flexibility index (Phi) is 2.52. The summed E-state index contributed by atoms with van der Waals surface area (Å²) in [6.45, 7) is 4.01. The van der Waals surface area contributed by atoms with Gasteiger partial charge >= 0.3 is 5.69 Å². The highest BCUT2D eigenvalue weighted by Crippen LogP contribution is 2.20. The zero-order valence-corrected chi connectivity index (χ0v) is 9.99. The van der Waals surface area contributed by atoms with Crippen LogP contribution < -0.4 is 11.0 Å². The van der Waals surface area contributed by atoms with E-state index in [1.165, 1.54) is 5.56 Å². The van der Waals surface area contributed by atoms with Crippen LogP contribution in [0.1, 0.15) is 24.9 Å². The smallest absolute Gasteiger partial charge is 0.315 e. The van der Waals surface area contributed by atoms with Gasteiger partial charge < -0.3 is 10.3 Å². The Morgan fingerprint density at radius 2 is 2.35 bits per heavy atom. The maximum atomic E-state index is 12.0. The third-order valence-electron chi connectivity index (χ3n) is 3.59. The fraction of sp³-hybridized carbons (Fsp3) is 0.462. The van der Waals surface area contributed by atoms with Crippen molar-refractivity contribution in [3.8, 4) is 0 Å². The molecule has 0 aliphatic carbocycles. The lowest BCUT2D eigenvalue weighted by Gasteiger charge is -2.10. The van der Waals surface area contributed by atoms with E-state index >= 15 is 0 Å². The van der Waals surface area contributed by atoms with Gasteiger partial charge in [0.05, 0.1) is 17.1 Å². The molecule has 4 nitrogen and oxygen atoms in total. The number of imidazole rings is 1. The van der Waals surface area contributed by atoms with E-state index < -0.39 is 0 Å². The number of nitrogens with zero attached hydrogens (tertiary/aromatic N) is 1. The molecule has 0 spiro atoms. The predicted molar refractivity (Wildman–Crippen MR) is 68.5 cm³/mol. The Morgan fingerprint density at radius 1 is 1.47 bits per heavy atom. The molecule has 1 atom stereocenters. The first-order valence-corrected chi connectivity index (χ1v) is 6.23. The van der Waals surface area contributed by atoms with Crippen LogP contribution in [0.4, 0.5) is 0 Å². The number of aromatic nitrogens is 2. The largest absolute Gasteiger partial charge is 0.326 e. The topological polar surface area (TPSA) is 49.8 Å². The molecule has 1 aromatic heterocycles. The summed E-state index contributed by atoms with van der Waals surface area (Å²) in [5.74, 6) is 0. The average molecular weight is 231 g/mol. The number of hydrogen-bond donors (Lipinski definition) is 2. The monoisotopic (exact) mass is 231 g/mol. The van der Waals surface area contributed by atoms with Crippen molar-refractivity contribution >= 4 is 11.0 Å². The summed E-state index contributed by atoms with van der Waals surface area (Å²) in [6.07, 6.45) is 2.02. The van der Waals surface area contributed by atoms with Crippen molar-refractivity contribution < 1.29 is 0 Å². The van der Waals surface area contributed by atoms with Crippen LogP contribution in [0.25, 0.3) is 11.0 Å². The second-order valence-electron chi connectivity index (χ2n) is 4.65. The molecule has 0 radical (unpaired) electrons. The molecule has 2 heterocycles. The molecule has 1 aliphatic heterocycles. The second-order valence-corrected chi connectivity index (χ2v) is 4.65. The zero-order chi connectivity index (χ0) is 11.8. The van der Waals surface area contributed by atoms with Crippen LogP contribution in [0.2, 0.25) is 0 Å². The molecule has 1 fully saturated rings. The lowest BCUT2D eigenvalue weighted by molar-refractivity contribution is 0.546. The molecule has 0 saturated carbocycles. The standard InChI is InChI=1S/C13H17N3O/c1-2-9-3-4-12-11(7-9)15-13(17)16(12)10-5-6-14-8-10/h3-4,7,10,14H,2,5-6,8H2,1H3,(H,15,17). The van der Waals surface area contributed by atoms with Crippen molar-refractivity contribution in [2.24, 2.45) is 0 Å². The summed E-state index contributed by atoms with van der Waals surface area (Å²) in [5, 5.41) is 3.30. The number of nitrogens with one attached hydrogen (secondary N) is 2. The summed E-state index contributed by atoms with van der Waals surface area (Å²) in [6, 6.07) is 6.54. The minimum atomic E-state index is 0.0157. The second kappa shape index (κ2) is 4.04. The average Bonchev–Trinajstić information content (AvgIpc) is 2.93. The number of hydrogen-bond acceptors (Lipinski definition) is 2. The lowest BCUT2D eigenvalue weighted by atomic mass is 10.1. The first-order chi connectivity index (χ1) is 8.29. The normalized spacial score (nSPS) is 20.2. The summed E-state index contributed by atoms with van der Waals surface area (Å²) in [4.78, 5) is 15.0. The molecule has 1 aliphatic rings. The molecule has 90 valence electrons. The van der Waals surface area contributed by atoms with Gasteiger partial charge in [-0.25, -0.2) is 4.79 Å². The SMILES string of the molecule is CCc1ccc2c(c1)[nH]c(=O)n2C1CCNC1. The molecule has 2 aromatic rings. The number of H-pyrrole nitrogens is 1. The van der Waals surface area contributed by atoms with Crippen molar-refractivity contribution in [1.82, 2.24) is 14.9 Å². The van der Waals surface area contributed by atoms with Gasteiger partial charge in [-0.2, -0.15) is 0 Å². The first kappa shape index (κ1) is 10.6. The van der Waals surface area contributed by atoms with Gasteiger partial charge in [-0.15, -0.1) is 0 Å². The fourth-order valence-corrected chi connectivity index (χ4v) is 2.62. The Balaban J connectivity index is 2.17. The van der Waals surface area contributed by atoms with Crippen molar-refractivity contribution in [3.05, 3.63) is 34.2 Å². The van der Waals surface area contributed by atoms with Gasteiger partial charge in [-0.1, -0.05) is 13.0 Å². The Labute approximate surface area is 99.6 Å². The first-order valence-electron chi connectivity index (χ1n) is 6.23. The molecule has 2 N–H and O–H groups in total. The quantitative estimate of drug-likeness (QED) is 0.821. The maximum Gasteiger partial charge on any atom is 0.326 e. The molecule has 3 rings (SSSR count). The van der Waals surface area contributed by atoms with E-state index in [0.29, 0.717) is 6.04 Å². The highest BCUT2D eigenvalue weighted by molar-refractivity contribution is 5.76. The summed E-state index contributed by atoms with van der Waals surface area (Å²) < 4.78 is 1.90. The van der Waals surface area contributed by atoms with Crippen molar-refractivity contribution in [3.63, 3.8) is 0 Å². The fourth-order valence-electron chi connectivity index (χ4n) is 2.62. The third-order valence-corrected chi connectivity index (χ3v) is 3.59. The van der Waals surface area contributed by atoms with Crippen LogP contribution in [0.3, 0.4) is 0 Å². The number of aryl methyl sites for hydroxylation is 1. The van der Waals surface area contributed by atoms with E-state index in [1.807, 2.05) is 4.57 Å². The maximum absolute atomic E-state index is 12.0. The Bertz CT molecular complexity index is 590. The van der Waals surface area contributed by atoms with Gasteiger partial charge in [0.25, 0.3) is 0 Å². The van der Waals surface area contributed by atoms with Crippen LogP contribution >= 0.6 is 0 Å². The molecule has 0 bridgehead atoms. The van der Waals surface area contributed by atoms with E-state index in [1.54, 1.807) is 0 Å². The van der Waals surface area contributed by atoms with E-state index in [4.69, 9.17) is 0 Å². The van der Waals surface area contributed by atoms with E-state index in [9.17, 15) is 4.79 Å². The molecule has 1 saturated heterocycles. The molecule has 1 aromatic carbocycles. The highest BCUT2D eigenvalue weighted by Gasteiger charge is 2.20. The van der Waals surface area contributed by atoms with Gasteiger partial charge in [-0.3, -0.25) is 4.57 Å². The Morgan fingerprint density at radius 3 is 3.06 bits per heavy atom. The van der Waals surface area contributed by atoms with Crippen molar-refractivity contribution in [2.75, 3.05) is 13.1 Å². The van der Waals surface area contributed by atoms with Gasteiger partial charge in [0, 0.05) is 6.54 Å². The predicted octanol–water partition coefficient (Wildman–Crippen LogP) is 1.43. The zero-order valence-electron chi connectivity index (χ0n) is 9.99. The third kappa shape index (κ3) is 1.69. The summed E-state index contributed by atoms with van der Waals surface area (Å²) >= 11 is 0. The van der Waals surface area contributed by atoms with Crippen molar-refractivity contribution in [2.45, 2.75) is 25.8 Å². The van der Waals surface area contributed by atoms with E-state index in [-0.39, 0.29) is 5.69 Å².